The summed E-state index contributed by atoms with van der Waals surface area (Å²) in [5.74, 6) is 5.75. The molecule has 1 aliphatic rings. The van der Waals surface area contributed by atoms with Crippen molar-refractivity contribution in [3.8, 4) is 11.8 Å². The fourth-order valence-corrected chi connectivity index (χ4v) is 2.38. The Morgan fingerprint density at radius 1 is 1.42 bits per heavy atom. The van der Waals surface area contributed by atoms with E-state index in [1.807, 2.05) is 18.2 Å². The number of aliphatic hydroxyl groups is 1. The fraction of sp³-hybridized carbons (Fsp3) is 0.500. The van der Waals surface area contributed by atoms with Gasteiger partial charge in [-0.25, -0.2) is 0 Å². The van der Waals surface area contributed by atoms with Crippen LogP contribution in [0, 0.1) is 11.8 Å². The first-order chi connectivity index (χ1) is 9.29. The van der Waals surface area contributed by atoms with E-state index in [1.54, 1.807) is 0 Å². The van der Waals surface area contributed by atoms with Crippen molar-refractivity contribution in [2.75, 3.05) is 26.3 Å². The van der Waals surface area contributed by atoms with Gasteiger partial charge in [0.05, 0.1) is 6.10 Å². The minimum atomic E-state index is -0.0943. The number of aliphatic hydroxyl groups excluding tert-OH is 1. The van der Waals surface area contributed by atoms with Crippen LogP contribution in [0.25, 0.3) is 0 Å². The molecular weight excluding hydrogens is 238 g/mol. The molecule has 0 spiro atoms. The van der Waals surface area contributed by atoms with Crippen LogP contribution in [0.2, 0.25) is 0 Å². The van der Waals surface area contributed by atoms with Gasteiger partial charge in [-0.15, -0.1) is 0 Å². The Morgan fingerprint density at radius 3 is 3.11 bits per heavy atom. The van der Waals surface area contributed by atoms with Crippen LogP contribution in [0.1, 0.15) is 24.5 Å². The van der Waals surface area contributed by atoms with E-state index in [0.717, 1.165) is 38.2 Å². The van der Waals surface area contributed by atoms with Crippen LogP contribution in [-0.4, -0.2) is 42.4 Å². The molecule has 0 radical (unpaired) electrons. The van der Waals surface area contributed by atoms with Gasteiger partial charge in [0.25, 0.3) is 0 Å². The SMILES string of the molecule is CC1CN(Cc2ccccc2C#CCO)CCCO1. The van der Waals surface area contributed by atoms with Crippen LogP contribution >= 0.6 is 0 Å². The first-order valence-electron chi connectivity index (χ1n) is 6.81. The van der Waals surface area contributed by atoms with Gasteiger partial charge in [0, 0.05) is 31.8 Å². The highest BCUT2D eigenvalue weighted by Crippen LogP contribution is 2.14. The van der Waals surface area contributed by atoms with Crippen molar-refractivity contribution in [3.05, 3.63) is 35.4 Å². The van der Waals surface area contributed by atoms with E-state index in [9.17, 15) is 0 Å². The fourth-order valence-electron chi connectivity index (χ4n) is 2.38. The average molecular weight is 259 g/mol. The first-order valence-corrected chi connectivity index (χ1v) is 6.81. The summed E-state index contributed by atoms with van der Waals surface area (Å²) in [6, 6.07) is 8.14. The maximum atomic E-state index is 8.81. The molecule has 0 bridgehead atoms. The molecule has 19 heavy (non-hydrogen) atoms. The molecule has 0 saturated carbocycles. The van der Waals surface area contributed by atoms with Crippen molar-refractivity contribution >= 4 is 0 Å². The van der Waals surface area contributed by atoms with Gasteiger partial charge in [0.15, 0.2) is 0 Å². The Bertz CT molecular complexity index is 461. The van der Waals surface area contributed by atoms with E-state index < -0.39 is 0 Å². The second-order valence-electron chi connectivity index (χ2n) is 4.89. The van der Waals surface area contributed by atoms with Crippen molar-refractivity contribution in [2.45, 2.75) is 26.0 Å². The molecule has 1 aromatic rings. The lowest BCUT2D eigenvalue weighted by Crippen LogP contribution is -2.30. The lowest BCUT2D eigenvalue weighted by Gasteiger charge is -2.22. The van der Waals surface area contributed by atoms with Gasteiger partial charge in [0.2, 0.25) is 0 Å². The molecule has 1 aliphatic heterocycles. The molecule has 2 rings (SSSR count). The highest BCUT2D eigenvalue weighted by Gasteiger charge is 2.15. The third kappa shape index (κ3) is 4.36. The Hall–Kier alpha value is -1.34. The Labute approximate surface area is 115 Å². The van der Waals surface area contributed by atoms with E-state index in [2.05, 4.69) is 29.7 Å². The second-order valence-corrected chi connectivity index (χ2v) is 4.89. The summed E-state index contributed by atoms with van der Waals surface area (Å²) in [5.41, 5.74) is 2.23. The normalized spacial score (nSPS) is 20.4. The minimum absolute atomic E-state index is 0.0943. The molecule has 1 fully saturated rings. The summed E-state index contributed by atoms with van der Waals surface area (Å²) in [4.78, 5) is 2.41. The summed E-state index contributed by atoms with van der Waals surface area (Å²) in [6.07, 6.45) is 1.37. The summed E-state index contributed by atoms with van der Waals surface area (Å²) in [6.45, 7) is 5.79. The van der Waals surface area contributed by atoms with Crippen LogP contribution in [0.15, 0.2) is 24.3 Å². The van der Waals surface area contributed by atoms with E-state index in [0.29, 0.717) is 0 Å². The molecule has 3 heteroatoms. The van der Waals surface area contributed by atoms with E-state index >= 15 is 0 Å². The van der Waals surface area contributed by atoms with Crippen molar-refractivity contribution in [3.63, 3.8) is 0 Å². The van der Waals surface area contributed by atoms with Crippen LogP contribution < -0.4 is 0 Å². The number of hydrogen-bond acceptors (Lipinski definition) is 3. The Morgan fingerprint density at radius 2 is 2.26 bits per heavy atom. The molecule has 0 aromatic heterocycles. The molecule has 102 valence electrons. The topological polar surface area (TPSA) is 32.7 Å². The lowest BCUT2D eigenvalue weighted by atomic mass is 10.1. The molecule has 1 N–H and O–H groups in total. The van der Waals surface area contributed by atoms with E-state index in [1.165, 1.54) is 5.56 Å². The summed E-state index contributed by atoms with van der Waals surface area (Å²) in [7, 11) is 0. The molecule has 1 heterocycles. The van der Waals surface area contributed by atoms with Gasteiger partial charge >= 0.3 is 0 Å². The molecule has 1 saturated heterocycles. The van der Waals surface area contributed by atoms with E-state index in [4.69, 9.17) is 9.84 Å². The molecular formula is C16H21NO2. The van der Waals surface area contributed by atoms with E-state index in [-0.39, 0.29) is 12.7 Å². The zero-order chi connectivity index (χ0) is 13.5. The quantitative estimate of drug-likeness (QED) is 0.820. The minimum Gasteiger partial charge on any atom is -0.384 e. The lowest BCUT2D eigenvalue weighted by molar-refractivity contribution is 0.0668. The maximum absolute atomic E-state index is 8.81. The van der Waals surface area contributed by atoms with Gasteiger partial charge in [0.1, 0.15) is 6.61 Å². The largest absolute Gasteiger partial charge is 0.384 e. The first kappa shape index (κ1) is 14.1. The number of hydrogen-bond donors (Lipinski definition) is 1. The molecule has 0 amide bonds. The standard InChI is InChI=1S/C16H21NO2/c1-14-12-17(9-5-11-19-14)13-16-7-3-2-6-15(16)8-4-10-18/h2-3,6-7,14,18H,5,9-13H2,1H3. The molecule has 3 nitrogen and oxygen atoms in total. The predicted molar refractivity (Wildman–Crippen MR) is 75.7 cm³/mol. The Kier molecular flexibility index (Phi) is 5.41. The maximum Gasteiger partial charge on any atom is 0.104 e. The van der Waals surface area contributed by atoms with Crippen LogP contribution in [0.5, 0.6) is 0 Å². The van der Waals surface area contributed by atoms with Gasteiger partial charge in [-0.1, -0.05) is 30.0 Å². The van der Waals surface area contributed by atoms with Crippen LogP contribution in [0.4, 0.5) is 0 Å². The zero-order valence-electron chi connectivity index (χ0n) is 11.4. The number of ether oxygens (including phenoxy) is 1. The van der Waals surface area contributed by atoms with Crippen molar-refractivity contribution in [1.29, 1.82) is 0 Å². The van der Waals surface area contributed by atoms with Crippen molar-refractivity contribution < 1.29 is 9.84 Å². The number of rotatable bonds is 2. The van der Waals surface area contributed by atoms with Crippen molar-refractivity contribution in [1.82, 2.24) is 4.90 Å². The summed E-state index contributed by atoms with van der Waals surface area (Å²) >= 11 is 0. The van der Waals surface area contributed by atoms with Crippen LogP contribution in [-0.2, 0) is 11.3 Å². The highest BCUT2D eigenvalue weighted by molar-refractivity contribution is 5.41. The zero-order valence-corrected chi connectivity index (χ0v) is 11.4. The van der Waals surface area contributed by atoms with Gasteiger partial charge in [-0.2, -0.15) is 0 Å². The second kappa shape index (κ2) is 7.30. The third-order valence-electron chi connectivity index (χ3n) is 3.25. The predicted octanol–water partition coefficient (Wildman–Crippen LogP) is 1.64. The van der Waals surface area contributed by atoms with Crippen molar-refractivity contribution in [2.24, 2.45) is 0 Å². The van der Waals surface area contributed by atoms with Gasteiger partial charge < -0.3 is 9.84 Å². The molecule has 1 unspecified atom stereocenters. The Balaban J connectivity index is 2.09. The molecule has 1 atom stereocenters. The number of benzene rings is 1. The highest BCUT2D eigenvalue weighted by atomic mass is 16.5. The molecule has 1 aromatic carbocycles. The molecule has 0 aliphatic carbocycles. The average Bonchev–Trinajstić information content (AvgIpc) is 2.62. The van der Waals surface area contributed by atoms with Gasteiger partial charge in [-0.05, 0) is 25.0 Å². The van der Waals surface area contributed by atoms with Crippen LogP contribution in [0.3, 0.4) is 0 Å². The number of nitrogens with zero attached hydrogens (tertiary/aromatic N) is 1. The third-order valence-corrected chi connectivity index (χ3v) is 3.25. The monoisotopic (exact) mass is 259 g/mol. The smallest absolute Gasteiger partial charge is 0.104 e. The summed E-state index contributed by atoms with van der Waals surface area (Å²) in [5, 5.41) is 8.81. The summed E-state index contributed by atoms with van der Waals surface area (Å²) < 4.78 is 5.66. The van der Waals surface area contributed by atoms with Gasteiger partial charge in [-0.3, -0.25) is 4.90 Å².